The van der Waals surface area contributed by atoms with Crippen molar-refractivity contribution in [2.24, 2.45) is 0 Å². The highest BCUT2D eigenvalue weighted by Crippen LogP contribution is 2.16. The molecule has 19 heavy (non-hydrogen) atoms. The van der Waals surface area contributed by atoms with Crippen LogP contribution in [0.2, 0.25) is 0 Å². The zero-order valence-electron chi connectivity index (χ0n) is 10.5. The molecule has 1 aromatic carbocycles. The van der Waals surface area contributed by atoms with Gasteiger partial charge in [0.05, 0.1) is 4.90 Å². The standard InChI is InChI=1S/C12H16F2N2O2S/c1-8-4-11(2-3-15-8)16-19(17,18)12-6-9(13)5-10(14)7-12/h5-8,11,15-16H,2-4H2,1H3. The van der Waals surface area contributed by atoms with Gasteiger partial charge in [0, 0.05) is 18.2 Å². The van der Waals surface area contributed by atoms with Gasteiger partial charge in [0.1, 0.15) is 11.6 Å². The zero-order chi connectivity index (χ0) is 14.0. The van der Waals surface area contributed by atoms with Gasteiger partial charge in [-0.15, -0.1) is 0 Å². The van der Waals surface area contributed by atoms with Crippen LogP contribution in [0, 0.1) is 11.6 Å². The van der Waals surface area contributed by atoms with Gasteiger partial charge >= 0.3 is 0 Å². The van der Waals surface area contributed by atoms with Crippen LogP contribution in [0.3, 0.4) is 0 Å². The second-order valence-electron chi connectivity index (χ2n) is 4.80. The van der Waals surface area contributed by atoms with Crippen LogP contribution in [-0.4, -0.2) is 27.0 Å². The minimum atomic E-state index is -3.89. The molecule has 1 fully saturated rings. The summed E-state index contributed by atoms with van der Waals surface area (Å²) in [5, 5.41) is 3.20. The number of halogens is 2. The van der Waals surface area contributed by atoms with E-state index in [-0.39, 0.29) is 17.0 Å². The summed E-state index contributed by atoms with van der Waals surface area (Å²) in [5.41, 5.74) is 0. The number of hydrogen-bond acceptors (Lipinski definition) is 3. The number of piperidine rings is 1. The number of benzene rings is 1. The Labute approximate surface area is 111 Å². The summed E-state index contributed by atoms with van der Waals surface area (Å²) in [6.45, 7) is 2.67. The quantitative estimate of drug-likeness (QED) is 0.884. The molecule has 0 aromatic heterocycles. The normalized spacial score (nSPS) is 24.4. The van der Waals surface area contributed by atoms with Crippen LogP contribution in [0.15, 0.2) is 23.1 Å². The van der Waals surface area contributed by atoms with Gasteiger partial charge in [0.2, 0.25) is 10.0 Å². The molecular formula is C12H16F2N2O2S. The molecule has 2 rings (SSSR count). The molecule has 1 aliphatic rings. The maximum absolute atomic E-state index is 13.1. The van der Waals surface area contributed by atoms with E-state index in [1.54, 1.807) is 0 Å². The van der Waals surface area contributed by atoms with Crippen molar-refractivity contribution in [2.75, 3.05) is 6.54 Å². The largest absolute Gasteiger partial charge is 0.314 e. The van der Waals surface area contributed by atoms with Crippen LogP contribution in [-0.2, 0) is 10.0 Å². The SMILES string of the molecule is CC1CC(NS(=O)(=O)c2cc(F)cc(F)c2)CCN1. The first-order chi connectivity index (χ1) is 8.87. The maximum Gasteiger partial charge on any atom is 0.241 e. The fourth-order valence-electron chi connectivity index (χ4n) is 2.21. The number of nitrogens with one attached hydrogen (secondary N) is 2. The Morgan fingerprint density at radius 1 is 1.26 bits per heavy atom. The van der Waals surface area contributed by atoms with Crippen LogP contribution in [0.4, 0.5) is 8.78 Å². The molecule has 0 saturated carbocycles. The summed E-state index contributed by atoms with van der Waals surface area (Å²) in [5.74, 6) is -1.81. The third-order valence-electron chi connectivity index (χ3n) is 3.09. The van der Waals surface area contributed by atoms with Crippen LogP contribution < -0.4 is 10.0 Å². The Morgan fingerprint density at radius 2 is 1.89 bits per heavy atom. The number of hydrogen-bond donors (Lipinski definition) is 2. The predicted molar refractivity (Wildman–Crippen MR) is 67.2 cm³/mol. The molecule has 0 spiro atoms. The molecule has 1 heterocycles. The summed E-state index contributed by atoms with van der Waals surface area (Å²) in [7, 11) is -3.89. The third kappa shape index (κ3) is 3.71. The molecule has 0 radical (unpaired) electrons. The Hall–Kier alpha value is -1.05. The molecular weight excluding hydrogens is 274 g/mol. The van der Waals surface area contributed by atoms with E-state index in [9.17, 15) is 17.2 Å². The molecule has 2 unspecified atom stereocenters. The van der Waals surface area contributed by atoms with Crippen molar-refractivity contribution in [3.63, 3.8) is 0 Å². The van der Waals surface area contributed by atoms with Gasteiger partial charge < -0.3 is 5.32 Å². The smallest absolute Gasteiger partial charge is 0.241 e. The molecule has 7 heteroatoms. The molecule has 106 valence electrons. The Balaban J connectivity index is 2.17. The molecule has 1 aliphatic heterocycles. The highest BCUT2D eigenvalue weighted by molar-refractivity contribution is 7.89. The average Bonchev–Trinajstić information content (AvgIpc) is 2.26. The van der Waals surface area contributed by atoms with Gasteiger partial charge in [-0.1, -0.05) is 0 Å². The highest BCUT2D eigenvalue weighted by Gasteiger charge is 2.25. The van der Waals surface area contributed by atoms with E-state index in [0.29, 0.717) is 25.5 Å². The summed E-state index contributed by atoms with van der Waals surface area (Å²) < 4.78 is 52.7. The average molecular weight is 290 g/mol. The first-order valence-corrected chi connectivity index (χ1v) is 7.57. The fourth-order valence-corrected chi connectivity index (χ4v) is 3.53. The van der Waals surface area contributed by atoms with E-state index in [1.807, 2.05) is 6.92 Å². The Morgan fingerprint density at radius 3 is 2.47 bits per heavy atom. The van der Waals surface area contributed by atoms with E-state index in [0.717, 1.165) is 12.1 Å². The minimum absolute atomic E-state index is 0.214. The van der Waals surface area contributed by atoms with Crippen LogP contribution in [0.1, 0.15) is 19.8 Å². The molecule has 0 aliphatic carbocycles. The fraction of sp³-hybridized carbons (Fsp3) is 0.500. The number of rotatable bonds is 3. The molecule has 0 amide bonds. The third-order valence-corrected chi connectivity index (χ3v) is 4.59. The molecule has 2 atom stereocenters. The van der Waals surface area contributed by atoms with E-state index < -0.39 is 21.7 Å². The summed E-state index contributed by atoms with van der Waals surface area (Å²) in [4.78, 5) is -0.379. The van der Waals surface area contributed by atoms with Crippen molar-refractivity contribution in [1.29, 1.82) is 0 Å². The molecule has 2 N–H and O–H groups in total. The monoisotopic (exact) mass is 290 g/mol. The van der Waals surface area contributed by atoms with E-state index >= 15 is 0 Å². The van der Waals surface area contributed by atoms with Crippen LogP contribution in [0.5, 0.6) is 0 Å². The predicted octanol–water partition coefficient (Wildman–Crippen LogP) is 1.38. The summed E-state index contributed by atoms with van der Waals surface area (Å²) >= 11 is 0. The lowest BCUT2D eigenvalue weighted by Gasteiger charge is -2.28. The zero-order valence-corrected chi connectivity index (χ0v) is 11.3. The van der Waals surface area contributed by atoms with Crippen molar-refractivity contribution in [1.82, 2.24) is 10.0 Å². The molecule has 4 nitrogen and oxygen atoms in total. The van der Waals surface area contributed by atoms with Gasteiger partial charge in [-0.2, -0.15) is 0 Å². The Bertz CT molecular complexity index is 543. The van der Waals surface area contributed by atoms with E-state index in [2.05, 4.69) is 10.0 Å². The first kappa shape index (κ1) is 14.4. The second-order valence-corrected chi connectivity index (χ2v) is 6.52. The molecule has 0 bridgehead atoms. The van der Waals surface area contributed by atoms with Crippen molar-refractivity contribution >= 4 is 10.0 Å². The summed E-state index contributed by atoms with van der Waals surface area (Å²) in [6, 6.07) is 2.27. The van der Waals surface area contributed by atoms with Gasteiger partial charge in [-0.05, 0) is 38.4 Å². The van der Waals surface area contributed by atoms with Gasteiger partial charge in [-0.3, -0.25) is 0 Å². The lowest BCUT2D eigenvalue weighted by molar-refractivity contribution is 0.361. The lowest BCUT2D eigenvalue weighted by atomic mass is 10.0. The van der Waals surface area contributed by atoms with E-state index in [1.165, 1.54) is 0 Å². The minimum Gasteiger partial charge on any atom is -0.314 e. The highest BCUT2D eigenvalue weighted by atomic mass is 32.2. The van der Waals surface area contributed by atoms with Crippen LogP contribution in [0.25, 0.3) is 0 Å². The first-order valence-electron chi connectivity index (χ1n) is 6.08. The molecule has 1 saturated heterocycles. The Kier molecular flexibility index (Phi) is 4.17. The lowest BCUT2D eigenvalue weighted by Crippen LogP contribution is -2.46. The van der Waals surface area contributed by atoms with Gasteiger partial charge in [-0.25, -0.2) is 21.9 Å². The van der Waals surface area contributed by atoms with Crippen molar-refractivity contribution in [3.05, 3.63) is 29.8 Å². The van der Waals surface area contributed by atoms with Crippen LogP contribution >= 0.6 is 0 Å². The topological polar surface area (TPSA) is 58.2 Å². The van der Waals surface area contributed by atoms with Crippen molar-refractivity contribution < 1.29 is 17.2 Å². The maximum atomic E-state index is 13.1. The second kappa shape index (κ2) is 5.52. The molecule has 1 aromatic rings. The van der Waals surface area contributed by atoms with Gasteiger partial charge in [0.15, 0.2) is 0 Å². The number of sulfonamides is 1. The van der Waals surface area contributed by atoms with E-state index in [4.69, 9.17) is 0 Å². The van der Waals surface area contributed by atoms with Gasteiger partial charge in [0.25, 0.3) is 0 Å². The summed E-state index contributed by atoms with van der Waals surface area (Å²) in [6.07, 6.45) is 1.30. The van der Waals surface area contributed by atoms with Crippen molar-refractivity contribution in [3.8, 4) is 0 Å². The van der Waals surface area contributed by atoms with Crippen molar-refractivity contribution in [2.45, 2.75) is 36.7 Å².